The van der Waals surface area contributed by atoms with E-state index in [0.717, 1.165) is 30.5 Å². The third kappa shape index (κ3) is 4.83. The molecule has 1 atom stereocenters. The lowest BCUT2D eigenvalue weighted by atomic mass is 9.92. The molecule has 1 aliphatic rings. The standard InChI is InChI=1S/C21H21ClF3N5O/c1-11(13-6-15(21(23,24)25)9-16(26)7-13)28-19-17-8-14(12-2-4-31-5-3-12)10-27-18(17)29-20(22)30-19/h6-12H,2-5,26H2,1H3,(H,27,28,29,30). The predicted octanol–water partition coefficient (Wildman–Crippen LogP) is 5.35. The third-order valence-electron chi connectivity index (χ3n) is 5.40. The molecule has 0 spiro atoms. The third-order valence-corrected chi connectivity index (χ3v) is 5.57. The summed E-state index contributed by atoms with van der Waals surface area (Å²) in [4.78, 5) is 12.9. The van der Waals surface area contributed by atoms with E-state index in [1.807, 2.05) is 6.07 Å². The zero-order valence-electron chi connectivity index (χ0n) is 16.7. The lowest BCUT2D eigenvalue weighted by Gasteiger charge is -2.23. The first kappa shape index (κ1) is 21.6. The van der Waals surface area contributed by atoms with Gasteiger partial charge in [-0.2, -0.15) is 18.2 Å². The summed E-state index contributed by atoms with van der Waals surface area (Å²) in [6.07, 6.45) is -0.922. The molecule has 1 fully saturated rings. The average Bonchev–Trinajstić information content (AvgIpc) is 2.73. The topological polar surface area (TPSA) is 86.0 Å². The van der Waals surface area contributed by atoms with Crippen molar-refractivity contribution in [3.63, 3.8) is 0 Å². The van der Waals surface area contributed by atoms with Gasteiger partial charge in [0, 0.05) is 25.1 Å². The lowest BCUT2D eigenvalue weighted by molar-refractivity contribution is -0.137. The van der Waals surface area contributed by atoms with Crippen LogP contribution in [0, 0.1) is 0 Å². The summed E-state index contributed by atoms with van der Waals surface area (Å²) in [6.45, 7) is 3.12. The van der Waals surface area contributed by atoms with E-state index < -0.39 is 17.8 Å². The molecule has 31 heavy (non-hydrogen) atoms. The molecule has 164 valence electrons. The van der Waals surface area contributed by atoms with E-state index in [4.69, 9.17) is 22.1 Å². The van der Waals surface area contributed by atoms with Crippen LogP contribution in [0.25, 0.3) is 11.0 Å². The Morgan fingerprint density at radius 2 is 1.90 bits per heavy atom. The van der Waals surface area contributed by atoms with E-state index in [9.17, 15) is 13.2 Å². The Morgan fingerprint density at radius 3 is 2.61 bits per heavy atom. The van der Waals surface area contributed by atoms with Crippen LogP contribution < -0.4 is 11.1 Å². The highest BCUT2D eigenvalue weighted by Gasteiger charge is 2.31. The Hall–Kier alpha value is -2.65. The van der Waals surface area contributed by atoms with Crippen LogP contribution in [0.5, 0.6) is 0 Å². The molecule has 2 aromatic heterocycles. The molecule has 6 nitrogen and oxygen atoms in total. The predicted molar refractivity (Wildman–Crippen MR) is 113 cm³/mol. The first-order chi connectivity index (χ1) is 14.7. The molecule has 0 bridgehead atoms. The summed E-state index contributed by atoms with van der Waals surface area (Å²) in [7, 11) is 0. The molecule has 3 heterocycles. The highest BCUT2D eigenvalue weighted by atomic mass is 35.5. The largest absolute Gasteiger partial charge is 0.416 e. The molecule has 0 aliphatic carbocycles. The number of benzene rings is 1. The maximum atomic E-state index is 13.2. The number of halogens is 4. The molecule has 4 rings (SSSR count). The number of rotatable bonds is 4. The molecular formula is C21H21ClF3N5O. The number of pyridine rings is 1. The number of nitrogens with one attached hydrogen (secondary N) is 1. The second kappa shape index (κ2) is 8.47. The van der Waals surface area contributed by atoms with E-state index in [-0.39, 0.29) is 11.0 Å². The number of nitrogens with two attached hydrogens (primary N) is 1. The van der Waals surface area contributed by atoms with Gasteiger partial charge in [-0.3, -0.25) is 0 Å². The van der Waals surface area contributed by atoms with E-state index in [0.29, 0.717) is 41.5 Å². The summed E-state index contributed by atoms with van der Waals surface area (Å²) < 4.78 is 45.0. The van der Waals surface area contributed by atoms with Crippen molar-refractivity contribution >= 4 is 34.1 Å². The van der Waals surface area contributed by atoms with Crippen LogP contribution in [0.15, 0.2) is 30.5 Å². The Labute approximate surface area is 182 Å². The molecule has 0 amide bonds. The van der Waals surface area contributed by atoms with Crippen molar-refractivity contribution in [3.8, 4) is 0 Å². The van der Waals surface area contributed by atoms with Gasteiger partial charge in [-0.25, -0.2) is 9.97 Å². The fourth-order valence-electron chi connectivity index (χ4n) is 3.74. The fraction of sp³-hybridized carbons (Fsp3) is 0.381. The number of nitrogen functional groups attached to an aromatic ring is 1. The number of ether oxygens (including phenoxy) is 1. The van der Waals surface area contributed by atoms with E-state index >= 15 is 0 Å². The molecule has 10 heteroatoms. The monoisotopic (exact) mass is 451 g/mol. The second-order valence-corrected chi connectivity index (χ2v) is 7.96. The number of nitrogens with zero attached hydrogens (tertiary/aromatic N) is 3. The quantitative estimate of drug-likeness (QED) is 0.411. The highest BCUT2D eigenvalue weighted by Crippen LogP contribution is 2.35. The molecular weight excluding hydrogens is 431 g/mol. The van der Waals surface area contributed by atoms with E-state index in [1.54, 1.807) is 13.1 Å². The Morgan fingerprint density at radius 1 is 1.16 bits per heavy atom. The zero-order chi connectivity index (χ0) is 22.2. The minimum Gasteiger partial charge on any atom is -0.399 e. The van der Waals surface area contributed by atoms with Crippen molar-refractivity contribution < 1.29 is 17.9 Å². The molecule has 3 aromatic rings. The molecule has 3 N–H and O–H groups in total. The van der Waals surface area contributed by atoms with Crippen LogP contribution in [0.2, 0.25) is 5.28 Å². The molecule has 1 aromatic carbocycles. The number of alkyl halides is 3. The maximum Gasteiger partial charge on any atom is 0.416 e. The Balaban J connectivity index is 1.69. The fourth-order valence-corrected chi connectivity index (χ4v) is 3.91. The Kier molecular flexibility index (Phi) is 5.90. The molecule has 0 radical (unpaired) electrons. The van der Waals surface area contributed by atoms with Gasteiger partial charge in [-0.05, 0) is 72.7 Å². The SMILES string of the molecule is CC(Nc1nc(Cl)nc2ncc(C3CCOCC3)cc12)c1cc(N)cc(C(F)(F)F)c1. The number of anilines is 2. The normalized spacial score (nSPS) is 16.4. The van der Waals surface area contributed by atoms with Gasteiger partial charge in [-0.1, -0.05) is 0 Å². The number of aromatic nitrogens is 3. The highest BCUT2D eigenvalue weighted by molar-refractivity contribution is 6.28. The van der Waals surface area contributed by atoms with Gasteiger partial charge in [0.25, 0.3) is 0 Å². The zero-order valence-corrected chi connectivity index (χ0v) is 17.5. The van der Waals surface area contributed by atoms with Crippen LogP contribution in [-0.4, -0.2) is 28.2 Å². The van der Waals surface area contributed by atoms with E-state index in [2.05, 4.69) is 20.3 Å². The minimum absolute atomic E-state index is 0.00271. The van der Waals surface area contributed by atoms with Crippen LogP contribution in [0.3, 0.4) is 0 Å². The Bertz CT molecular complexity index is 1100. The van der Waals surface area contributed by atoms with E-state index in [1.165, 1.54) is 6.07 Å². The molecule has 1 saturated heterocycles. The van der Waals surface area contributed by atoms with Crippen LogP contribution in [0.1, 0.15) is 48.4 Å². The first-order valence-corrected chi connectivity index (χ1v) is 10.2. The number of fused-ring (bicyclic) bond motifs is 1. The summed E-state index contributed by atoms with van der Waals surface area (Å²) in [5.41, 5.74) is 6.78. The van der Waals surface area contributed by atoms with Gasteiger partial charge in [0.1, 0.15) is 5.82 Å². The van der Waals surface area contributed by atoms with Crippen molar-refractivity contribution in [1.82, 2.24) is 15.0 Å². The van der Waals surface area contributed by atoms with Crippen LogP contribution in [0.4, 0.5) is 24.7 Å². The second-order valence-electron chi connectivity index (χ2n) is 7.62. The van der Waals surface area contributed by atoms with Gasteiger partial charge >= 0.3 is 6.18 Å². The van der Waals surface area contributed by atoms with Gasteiger partial charge in [0.15, 0.2) is 5.65 Å². The van der Waals surface area contributed by atoms with Crippen molar-refractivity contribution in [2.75, 3.05) is 24.3 Å². The van der Waals surface area contributed by atoms with Crippen molar-refractivity contribution in [3.05, 3.63) is 52.4 Å². The van der Waals surface area contributed by atoms with Crippen LogP contribution >= 0.6 is 11.6 Å². The lowest BCUT2D eigenvalue weighted by Crippen LogP contribution is -2.15. The van der Waals surface area contributed by atoms with Crippen LogP contribution in [-0.2, 0) is 10.9 Å². The minimum atomic E-state index is -4.49. The smallest absolute Gasteiger partial charge is 0.399 e. The number of hydrogen-bond donors (Lipinski definition) is 2. The first-order valence-electron chi connectivity index (χ1n) is 9.86. The van der Waals surface area contributed by atoms with Gasteiger partial charge in [-0.15, -0.1) is 0 Å². The van der Waals surface area contributed by atoms with Crippen molar-refractivity contribution in [2.45, 2.75) is 37.9 Å². The molecule has 1 unspecified atom stereocenters. The average molecular weight is 452 g/mol. The van der Waals surface area contributed by atoms with Gasteiger partial charge in [0.2, 0.25) is 5.28 Å². The molecule has 0 saturated carbocycles. The summed E-state index contributed by atoms with van der Waals surface area (Å²) in [5.74, 6) is 0.717. The maximum absolute atomic E-state index is 13.2. The van der Waals surface area contributed by atoms with Crippen molar-refractivity contribution in [1.29, 1.82) is 0 Å². The van der Waals surface area contributed by atoms with Gasteiger partial charge in [0.05, 0.1) is 17.0 Å². The van der Waals surface area contributed by atoms with Gasteiger partial charge < -0.3 is 15.8 Å². The van der Waals surface area contributed by atoms with Crippen molar-refractivity contribution in [2.24, 2.45) is 0 Å². The summed E-state index contributed by atoms with van der Waals surface area (Å²) in [5, 5.41) is 3.81. The summed E-state index contributed by atoms with van der Waals surface area (Å²) >= 11 is 6.06. The molecule has 1 aliphatic heterocycles. The summed E-state index contributed by atoms with van der Waals surface area (Å²) in [6, 6.07) is 4.93. The number of hydrogen-bond acceptors (Lipinski definition) is 6.